The highest BCUT2D eigenvalue weighted by molar-refractivity contribution is 5.55. The van der Waals surface area contributed by atoms with E-state index in [2.05, 4.69) is 25.5 Å². The van der Waals surface area contributed by atoms with E-state index in [-0.39, 0.29) is 6.10 Å². The average Bonchev–Trinajstić information content (AvgIpc) is 2.49. The minimum atomic E-state index is 0.169. The second-order valence-corrected chi connectivity index (χ2v) is 5.81. The molecule has 0 fully saturated rings. The number of nitrogens with zero attached hydrogens (tertiary/aromatic N) is 3. The summed E-state index contributed by atoms with van der Waals surface area (Å²) >= 11 is 0. The van der Waals surface area contributed by atoms with Crippen LogP contribution in [-0.2, 0) is 0 Å². The fourth-order valence-corrected chi connectivity index (χ4v) is 1.94. The van der Waals surface area contributed by atoms with Gasteiger partial charge in [0, 0.05) is 25.0 Å². The van der Waals surface area contributed by atoms with E-state index < -0.39 is 0 Å². The first-order valence-electron chi connectivity index (χ1n) is 7.78. The van der Waals surface area contributed by atoms with E-state index in [9.17, 15) is 0 Å². The summed E-state index contributed by atoms with van der Waals surface area (Å²) in [4.78, 5) is 10.8. The molecule has 0 aliphatic rings. The molecule has 6 heteroatoms. The number of nitrogens with one attached hydrogen (secondary N) is 2. The van der Waals surface area contributed by atoms with Gasteiger partial charge in [0.05, 0.1) is 6.10 Å². The van der Waals surface area contributed by atoms with Crippen LogP contribution in [0.3, 0.4) is 0 Å². The van der Waals surface area contributed by atoms with E-state index in [0.29, 0.717) is 5.95 Å². The van der Waals surface area contributed by atoms with Crippen molar-refractivity contribution in [1.82, 2.24) is 14.9 Å². The zero-order valence-corrected chi connectivity index (χ0v) is 14.2. The lowest BCUT2D eigenvalue weighted by Crippen LogP contribution is -2.21. The molecule has 0 unspecified atom stereocenters. The van der Waals surface area contributed by atoms with Gasteiger partial charge in [-0.1, -0.05) is 0 Å². The van der Waals surface area contributed by atoms with Crippen LogP contribution in [0.5, 0.6) is 5.75 Å². The van der Waals surface area contributed by atoms with Gasteiger partial charge in [-0.2, -0.15) is 4.98 Å². The van der Waals surface area contributed by atoms with Gasteiger partial charge in [-0.3, -0.25) is 0 Å². The molecule has 0 bridgehead atoms. The van der Waals surface area contributed by atoms with Gasteiger partial charge in [-0.25, -0.2) is 4.98 Å². The molecule has 0 atom stereocenters. The summed E-state index contributed by atoms with van der Waals surface area (Å²) in [7, 11) is 4.09. The van der Waals surface area contributed by atoms with Gasteiger partial charge in [0.1, 0.15) is 11.6 Å². The van der Waals surface area contributed by atoms with Crippen molar-refractivity contribution in [2.45, 2.75) is 20.0 Å². The molecule has 23 heavy (non-hydrogen) atoms. The Balaban J connectivity index is 1.94. The number of hydrogen-bond donors (Lipinski definition) is 2. The number of anilines is 3. The molecule has 124 valence electrons. The highest BCUT2D eigenvalue weighted by Crippen LogP contribution is 2.19. The van der Waals surface area contributed by atoms with Crippen molar-refractivity contribution in [1.29, 1.82) is 0 Å². The molecule has 0 aliphatic carbocycles. The molecule has 1 heterocycles. The van der Waals surface area contributed by atoms with E-state index in [4.69, 9.17) is 4.74 Å². The van der Waals surface area contributed by atoms with Crippen molar-refractivity contribution in [3.05, 3.63) is 36.5 Å². The van der Waals surface area contributed by atoms with Gasteiger partial charge >= 0.3 is 0 Å². The standard InChI is InChI=1S/C17H25N5O/c1-13(2)23-15-7-5-14(6-8-15)20-17-19-10-9-16(21-17)18-11-12-22(3)4/h5-10,13H,11-12H2,1-4H3,(H2,18,19,20,21). The topological polar surface area (TPSA) is 62.3 Å². The van der Waals surface area contributed by atoms with Crippen molar-refractivity contribution in [2.24, 2.45) is 0 Å². The minimum Gasteiger partial charge on any atom is -0.491 e. The third kappa shape index (κ3) is 6.12. The smallest absolute Gasteiger partial charge is 0.229 e. The Kier molecular flexibility index (Phi) is 6.17. The average molecular weight is 315 g/mol. The van der Waals surface area contributed by atoms with Crippen LogP contribution in [0.1, 0.15) is 13.8 Å². The Labute approximate surface area is 137 Å². The zero-order chi connectivity index (χ0) is 16.7. The SMILES string of the molecule is CC(C)Oc1ccc(Nc2nccc(NCCN(C)C)n2)cc1. The van der Waals surface area contributed by atoms with E-state index in [0.717, 1.165) is 30.3 Å². The molecule has 6 nitrogen and oxygen atoms in total. The van der Waals surface area contributed by atoms with Crippen LogP contribution in [0.25, 0.3) is 0 Å². The molecule has 2 aromatic rings. The molecule has 0 saturated heterocycles. The van der Waals surface area contributed by atoms with Gasteiger partial charge in [0.15, 0.2) is 0 Å². The summed E-state index contributed by atoms with van der Waals surface area (Å²) in [5, 5.41) is 6.48. The molecular weight excluding hydrogens is 290 g/mol. The quantitative estimate of drug-likeness (QED) is 0.781. The van der Waals surface area contributed by atoms with Crippen LogP contribution in [0.15, 0.2) is 36.5 Å². The summed E-state index contributed by atoms with van der Waals surface area (Å²) in [5.74, 6) is 2.23. The van der Waals surface area contributed by atoms with Crippen molar-refractivity contribution in [2.75, 3.05) is 37.8 Å². The first-order valence-corrected chi connectivity index (χ1v) is 7.78. The summed E-state index contributed by atoms with van der Waals surface area (Å²) in [6, 6.07) is 9.63. The molecular formula is C17H25N5O. The molecule has 2 rings (SSSR count). The molecule has 0 saturated carbocycles. The van der Waals surface area contributed by atoms with Crippen LogP contribution in [0, 0.1) is 0 Å². The summed E-state index contributed by atoms with van der Waals surface area (Å²) in [6.45, 7) is 5.80. The normalized spacial score (nSPS) is 10.9. The van der Waals surface area contributed by atoms with Gasteiger partial charge in [-0.15, -0.1) is 0 Å². The van der Waals surface area contributed by atoms with Gasteiger partial charge in [0.2, 0.25) is 5.95 Å². The maximum Gasteiger partial charge on any atom is 0.229 e. The third-order valence-corrected chi connectivity index (χ3v) is 3.00. The lowest BCUT2D eigenvalue weighted by molar-refractivity contribution is 0.242. The lowest BCUT2D eigenvalue weighted by Gasteiger charge is -2.12. The van der Waals surface area contributed by atoms with E-state index >= 15 is 0 Å². The molecule has 0 amide bonds. The predicted molar refractivity (Wildman–Crippen MR) is 94.6 cm³/mol. The van der Waals surface area contributed by atoms with E-state index in [1.807, 2.05) is 58.3 Å². The van der Waals surface area contributed by atoms with Crippen LogP contribution < -0.4 is 15.4 Å². The fraction of sp³-hybridized carbons (Fsp3) is 0.412. The number of benzene rings is 1. The number of aromatic nitrogens is 2. The van der Waals surface area contributed by atoms with E-state index in [1.165, 1.54) is 0 Å². The zero-order valence-electron chi connectivity index (χ0n) is 14.2. The fourth-order valence-electron chi connectivity index (χ4n) is 1.94. The Morgan fingerprint density at radius 3 is 2.52 bits per heavy atom. The monoisotopic (exact) mass is 315 g/mol. The largest absolute Gasteiger partial charge is 0.491 e. The van der Waals surface area contributed by atoms with Crippen molar-refractivity contribution < 1.29 is 4.74 Å². The van der Waals surface area contributed by atoms with E-state index in [1.54, 1.807) is 6.20 Å². The molecule has 2 N–H and O–H groups in total. The van der Waals surface area contributed by atoms with Crippen LogP contribution in [-0.4, -0.2) is 48.2 Å². The summed E-state index contributed by atoms with van der Waals surface area (Å²) < 4.78 is 5.63. The molecule has 1 aromatic carbocycles. The molecule has 0 aliphatic heterocycles. The summed E-state index contributed by atoms with van der Waals surface area (Å²) in [5.41, 5.74) is 0.923. The first kappa shape index (κ1) is 17.0. The van der Waals surface area contributed by atoms with Crippen molar-refractivity contribution in [3.8, 4) is 5.75 Å². The van der Waals surface area contributed by atoms with Gasteiger partial charge in [0.25, 0.3) is 0 Å². The van der Waals surface area contributed by atoms with Gasteiger partial charge < -0.3 is 20.3 Å². The Morgan fingerprint density at radius 1 is 1.13 bits per heavy atom. The lowest BCUT2D eigenvalue weighted by atomic mass is 10.3. The maximum absolute atomic E-state index is 5.63. The second-order valence-electron chi connectivity index (χ2n) is 5.81. The predicted octanol–water partition coefficient (Wildman–Crippen LogP) is 2.98. The molecule has 1 aromatic heterocycles. The Hall–Kier alpha value is -2.34. The summed E-state index contributed by atoms with van der Waals surface area (Å²) in [6.07, 6.45) is 1.91. The highest BCUT2D eigenvalue weighted by atomic mass is 16.5. The first-order chi connectivity index (χ1) is 11.0. The van der Waals surface area contributed by atoms with Gasteiger partial charge in [-0.05, 0) is 58.3 Å². The number of ether oxygens (including phenoxy) is 1. The minimum absolute atomic E-state index is 0.169. The highest BCUT2D eigenvalue weighted by Gasteiger charge is 2.02. The molecule has 0 radical (unpaired) electrons. The maximum atomic E-state index is 5.63. The number of likely N-dealkylation sites (N-methyl/N-ethyl adjacent to an activating group) is 1. The van der Waals surface area contributed by atoms with Crippen molar-refractivity contribution in [3.63, 3.8) is 0 Å². The Morgan fingerprint density at radius 2 is 1.87 bits per heavy atom. The third-order valence-electron chi connectivity index (χ3n) is 3.00. The van der Waals surface area contributed by atoms with Crippen LogP contribution in [0.2, 0.25) is 0 Å². The number of rotatable bonds is 8. The second kappa shape index (κ2) is 8.33. The molecule has 0 spiro atoms. The van der Waals surface area contributed by atoms with Crippen molar-refractivity contribution >= 4 is 17.5 Å². The van der Waals surface area contributed by atoms with Crippen LogP contribution in [0.4, 0.5) is 17.5 Å². The Bertz CT molecular complexity index is 598. The van der Waals surface area contributed by atoms with Crippen LogP contribution >= 0.6 is 0 Å². The number of hydrogen-bond acceptors (Lipinski definition) is 6.